The van der Waals surface area contributed by atoms with E-state index < -0.39 is 0 Å². The van der Waals surface area contributed by atoms with Crippen molar-refractivity contribution in [2.75, 3.05) is 31.1 Å². The maximum absolute atomic E-state index is 12.6. The van der Waals surface area contributed by atoms with Crippen molar-refractivity contribution in [3.63, 3.8) is 0 Å². The molecule has 1 saturated carbocycles. The van der Waals surface area contributed by atoms with Crippen molar-refractivity contribution in [3.05, 3.63) is 36.7 Å². The van der Waals surface area contributed by atoms with E-state index in [0.29, 0.717) is 11.8 Å². The smallest absolute Gasteiger partial charge is 0.222 e. The fourth-order valence-electron chi connectivity index (χ4n) is 4.12. The fourth-order valence-corrected chi connectivity index (χ4v) is 4.12. The Morgan fingerprint density at radius 3 is 2.33 bits per heavy atom. The summed E-state index contributed by atoms with van der Waals surface area (Å²) >= 11 is 0. The third-order valence-electron chi connectivity index (χ3n) is 5.77. The third kappa shape index (κ3) is 4.43. The number of aromatic nitrogens is 3. The van der Waals surface area contributed by atoms with E-state index in [1.165, 1.54) is 32.1 Å². The molecule has 1 amide bonds. The lowest BCUT2D eigenvalue weighted by atomic mass is 9.86. The summed E-state index contributed by atoms with van der Waals surface area (Å²) in [7, 11) is 0. The quantitative estimate of drug-likeness (QED) is 0.833. The van der Waals surface area contributed by atoms with Crippen molar-refractivity contribution in [2.24, 2.45) is 5.92 Å². The molecular formula is C21H27N5O. The molecule has 2 aromatic heterocycles. The van der Waals surface area contributed by atoms with Gasteiger partial charge in [0.25, 0.3) is 0 Å². The van der Waals surface area contributed by atoms with E-state index in [1.807, 2.05) is 29.2 Å². The monoisotopic (exact) mass is 365 g/mol. The van der Waals surface area contributed by atoms with Crippen LogP contribution in [0.2, 0.25) is 0 Å². The molecule has 4 rings (SSSR count). The molecule has 1 aliphatic carbocycles. The van der Waals surface area contributed by atoms with Crippen molar-refractivity contribution in [1.29, 1.82) is 0 Å². The molecule has 2 aliphatic rings. The molecule has 0 spiro atoms. The first kappa shape index (κ1) is 17.9. The number of hydrogen-bond acceptors (Lipinski definition) is 5. The first-order chi connectivity index (χ1) is 13.3. The third-order valence-corrected chi connectivity index (χ3v) is 5.77. The van der Waals surface area contributed by atoms with Gasteiger partial charge in [-0.15, -0.1) is 10.2 Å². The van der Waals surface area contributed by atoms with E-state index >= 15 is 0 Å². The lowest BCUT2D eigenvalue weighted by Gasteiger charge is -2.36. The second-order valence-corrected chi connectivity index (χ2v) is 7.59. The van der Waals surface area contributed by atoms with E-state index in [-0.39, 0.29) is 0 Å². The largest absolute Gasteiger partial charge is 0.352 e. The van der Waals surface area contributed by atoms with Gasteiger partial charge in [0.2, 0.25) is 5.91 Å². The van der Waals surface area contributed by atoms with Crippen LogP contribution in [0.25, 0.3) is 11.3 Å². The standard InChI is InChI=1S/C21H27N5O/c27-21(16-17-4-2-1-3-5-17)26-14-12-25(13-15-26)20-7-6-19(23-24-20)18-8-10-22-11-9-18/h6-11,17H,1-5,12-16H2. The van der Waals surface area contributed by atoms with Gasteiger partial charge in [0.1, 0.15) is 0 Å². The van der Waals surface area contributed by atoms with Crippen LogP contribution < -0.4 is 4.90 Å². The van der Waals surface area contributed by atoms with Crippen LogP contribution in [-0.2, 0) is 4.79 Å². The SMILES string of the molecule is O=C(CC1CCCCC1)N1CCN(c2ccc(-c3ccncc3)nn2)CC1. The summed E-state index contributed by atoms with van der Waals surface area (Å²) in [5.74, 6) is 1.82. The van der Waals surface area contributed by atoms with Crippen molar-refractivity contribution in [1.82, 2.24) is 20.1 Å². The highest BCUT2D eigenvalue weighted by Crippen LogP contribution is 2.27. The molecule has 6 nitrogen and oxygen atoms in total. The Bertz CT molecular complexity index is 735. The molecule has 6 heteroatoms. The highest BCUT2D eigenvalue weighted by molar-refractivity contribution is 5.76. The molecule has 1 saturated heterocycles. The zero-order valence-corrected chi connectivity index (χ0v) is 15.8. The molecule has 0 atom stereocenters. The van der Waals surface area contributed by atoms with Gasteiger partial charge in [0.15, 0.2) is 5.82 Å². The Balaban J connectivity index is 1.30. The van der Waals surface area contributed by atoms with Crippen LogP contribution >= 0.6 is 0 Å². The molecular weight excluding hydrogens is 338 g/mol. The summed E-state index contributed by atoms with van der Waals surface area (Å²) in [4.78, 5) is 20.9. The average molecular weight is 365 g/mol. The molecule has 142 valence electrons. The van der Waals surface area contributed by atoms with Crippen LogP contribution in [0, 0.1) is 5.92 Å². The normalized spacial score (nSPS) is 18.5. The topological polar surface area (TPSA) is 62.2 Å². The summed E-state index contributed by atoms with van der Waals surface area (Å²) < 4.78 is 0. The summed E-state index contributed by atoms with van der Waals surface area (Å²) in [6, 6.07) is 7.88. The predicted molar refractivity (Wildman–Crippen MR) is 105 cm³/mol. The number of carbonyl (C=O) groups is 1. The van der Waals surface area contributed by atoms with E-state index in [2.05, 4.69) is 20.1 Å². The van der Waals surface area contributed by atoms with E-state index in [0.717, 1.165) is 49.7 Å². The van der Waals surface area contributed by atoms with Crippen LogP contribution in [0.5, 0.6) is 0 Å². The summed E-state index contributed by atoms with van der Waals surface area (Å²) in [5, 5.41) is 8.75. The fraction of sp³-hybridized carbons (Fsp3) is 0.524. The number of piperazine rings is 1. The van der Waals surface area contributed by atoms with Crippen LogP contribution in [0.4, 0.5) is 5.82 Å². The zero-order valence-electron chi connectivity index (χ0n) is 15.8. The lowest BCUT2D eigenvalue weighted by molar-refractivity contribution is -0.132. The predicted octanol–water partition coefficient (Wildman–Crippen LogP) is 3.16. The van der Waals surface area contributed by atoms with Gasteiger partial charge in [-0.25, -0.2) is 0 Å². The molecule has 0 radical (unpaired) electrons. The number of nitrogens with zero attached hydrogens (tertiary/aromatic N) is 5. The summed E-state index contributed by atoms with van der Waals surface area (Å²) in [6.07, 6.45) is 10.6. The number of rotatable bonds is 4. The highest BCUT2D eigenvalue weighted by Gasteiger charge is 2.25. The van der Waals surface area contributed by atoms with Gasteiger partial charge in [-0.3, -0.25) is 9.78 Å². The van der Waals surface area contributed by atoms with Crippen LogP contribution in [0.3, 0.4) is 0 Å². The van der Waals surface area contributed by atoms with E-state index in [1.54, 1.807) is 12.4 Å². The number of anilines is 1. The molecule has 1 aliphatic heterocycles. The molecule has 2 aromatic rings. The van der Waals surface area contributed by atoms with Gasteiger partial charge in [-0.2, -0.15) is 0 Å². The van der Waals surface area contributed by atoms with Crippen LogP contribution in [0.15, 0.2) is 36.7 Å². The van der Waals surface area contributed by atoms with E-state index in [4.69, 9.17) is 0 Å². The van der Waals surface area contributed by atoms with Crippen LogP contribution in [-0.4, -0.2) is 52.2 Å². The number of pyridine rings is 1. The molecule has 2 fully saturated rings. The molecule has 3 heterocycles. The highest BCUT2D eigenvalue weighted by atomic mass is 16.2. The molecule has 0 bridgehead atoms. The van der Waals surface area contributed by atoms with Gasteiger partial charge in [-0.1, -0.05) is 19.3 Å². The maximum Gasteiger partial charge on any atom is 0.222 e. The van der Waals surface area contributed by atoms with Crippen LogP contribution in [0.1, 0.15) is 38.5 Å². The molecule has 0 aromatic carbocycles. The molecule has 0 N–H and O–H groups in total. The van der Waals surface area contributed by atoms with Crippen molar-refractivity contribution < 1.29 is 4.79 Å². The Kier molecular flexibility index (Phi) is 5.61. The maximum atomic E-state index is 12.6. The van der Waals surface area contributed by atoms with Gasteiger partial charge in [0, 0.05) is 50.6 Å². The number of hydrogen-bond donors (Lipinski definition) is 0. The average Bonchev–Trinajstić information content (AvgIpc) is 2.75. The minimum atomic E-state index is 0.334. The summed E-state index contributed by atoms with van der Waals surface area (Å²) in [6.45, 7) is 3.19. The summed E-state index contributed by atoms with van der Waals surface area (Å²) in [5.41, 5.74) is 1.87. The van der Waals surface area contributed by atoms with Gasteiger partial charge >= 0.3 is 0 Å². The first-order valence-electron chi connectivity index (χ1n) is 10.1. The minimum Gasteiger partial charge on any atom is -0.352 e. The Morgan fingerprint density at radius 1 is 0.926 bits per heavy atom. The van der Waals surface area contributed by atoms with Gasteiger partial charge in [0.05, 0.1) is 5.69 Å². The van der Waals surface area contributed by atoms with E-state index in [9.17, 15) is 4.79 Å². The Morgan fingerprint density at radius 2 is 1.67 bits per heavy atom. The van der Waals surface area contributed by atoms with Gasteiger partial charge in [-0.05, 0) is 43.0 Å². The Hall–Kier alpha value is -2.50. The first-order valence-corrected chi connectivity index (χ1v) is 10.1. The number of carbonyl (C=O) groups excluding carboxylic acids is 1. The van der Waals surface area contributed by atoms with Crippen molar-refractivity contribution in [2.45, 2.75) is 38.5 Å². The molecule has 27 heavy (non-hydrogen) atoms. The molecule has 0 unspecified atom stereocenters. The lowest BCUT2D eigenvalue weighted by Crippen LogP contribution is -2.49. The van der Waals surface area contributed by atoms with Gasteiger partial charge < -0.3 is 9.80 Å². The van der Waals surface area contributed by atoms with Crippen molar-refractivity contribution >= 4 is 11.7 Å². The Labute approximate surface area is 160 Å². The number of amides is 1. The second-order valence-electron chi connectivity index (χ2n) is 7.59. The minimum absolute atomic E-state index is 0.334. The van der Waals surface area contributed by atoms with Crippen molar-refractivity contribution in [3.8, 4) is 11.3 Å². The zero-order chi connectivity index (χ0) is 18.5. The second kappa shape index (κ2) is 8.46.